The third kappa shape index (κ3) is 3.70. The first kappa shape index (κ1) is 19.5. The fraction of sp³-hybridized carbons (Fsp3) is 0.120. The molecule has 6 heteroatoms. The Kier molecular flexibility index (Phi) is 5.00. The van der Waals surface area contributed by atoms with Crippen LogP contribution in [0.2, 0.25) is 0 Å². The molecule has 0 saturated heterocycles. The van der Waals surface area contributed by atoms with Gasteiger partial charge in [0.25, 0.3) is 11.8 Å². The largest absolute Gasteiger partial charge is 0.482 e. The van der Waals surface area contributed by atoms with E-state index in [1.165, 1.54) is 5.56 Å². The molecular formula is C25H20N2O3S. The van der Waals surface area contributed by atoms with Crippen molar-refractivity contribution in [2.45, 2.75) is 10.1 Å². The van der Waals surface area contributed by atoms with Crippen molar-refractivity contribution in [3.05, 3.63) is 89.0 Å². The van der Waals surface area contributed by atoms with E-state index in [1.807, 2.05) is 54.6 Å². The minimum absolute atomic E-state index is 0.0403. The number of hydrogen-bond acceptors (Lipinski definition) is 4. The van der Waals surface area contributed by atoms with Crippen molar-refractivity contribution in [3.8, 4) is 5.75 Å². The number of benzene rings is 3. The van der Waals surface area contributed by atoms with Crippen LogP contribution in [0.3, 0.4) is 0 Å². The van der Waals surface area contributed by atoms with Crippen molar-refractivity contribution >= 4 is 40.9 Å². The van der Waals surface area contributed by atoms with Gasteiger partial charge in [0.05, 0.1) is 10.9 Å². The van der Waals surface area contributed by atoms with Crippen LogP contribution >= 0.6 is 11.8 Å². The van der Waals surface area contributed by atoms with Gasteiger partial charge in [-0.05, 0) is 52.6 Å². The number of anilines is 1. The predicted octanol–water partition coefficient (Wildman–Crippen LogP) is 4.76. The van der Waals surface area contributed by atoms with Crippen LogP contribution in [0, 0.1) is 0 Å². The van der Waals surface area contributed by atoms with Gasteiger partial charge in [-0.15, -0.1) is 11.8 Å². The molecule has 0 fully saturated rings. The van der Waals surface area contributed by atoms with Crippen LogP contribution in [-0.2, 0) is 4.79 Å². The van der Waals surface area contributed by atoms with Gasteiger partial charge in [0, 0.05) is 17.5 Å². The van der Waals surface area contributed by atoms with Crippen LogP contribution in [0.5, 0.6) is 5.75 Å². The monoisotopic (exact) mass is 428 g/mol. The van der Waals surface area contributed by atoms with Gasteiger partial charge >= 0.3 is 0 Å². The average Bonchev–Trinajstić information content (AvgIpc) is 2.82. The highest BCUT2D eigenvalue weighted by atomic mass is 32.2. The first-order valence-electron chi connectivity index (χ1n) is 9.99. The van der Waals surface area contributed by atoms with Crippen molar-refractivity contribution in [2.75, 3.05) is 19.0 Å². The van der Waals surface area contributed by atoms with E-state index in [1.54, 1.807) is 18.8 Å². The quantitative estimate of drug-likeness (QED) is 0.631. The van der Waals surface area contributed by atoms with E-state index in [9.17, 15) is 9.59 Å². The van der Waals surface area contributed by atoms with Crippen molar-refractivity contribution in [2.24, 2.45) is 0 Å². The lowest BCUT2D eigenvalue weighted by atomic mass is 9.94. The molecule has 0 spiro atoms. The van der Waals surface area contributed by atoms with Gasteiger partial charge in [0.15, 0.2) is 6.61 Å². The maximum atomic E-state index is 12.1. The van der Waals surface area contributed by atoms with E-state index in [2.05, 4.69) is 28.8 Å². The highest BCUT2D eigenvalue weighted by molar-refractivity contribution is 8.00. The average molecular weight is 429 g/mol. The molecule has 0 radical (unpaired) electrons. The Morgan fingerprint density at radius 2 is 1.94 bits per heavy atom. The van der Waals surface area contributed by atoms with Crippen LogP contribution in [0.15, 0.2) is 71.6 Å². The Morgan fingerprint density at radius 1 is 1.10 bits per heavy atom. The minimum atomic E-state index is -0.150. The maximum absolute atomic E-state index is 12.1. The number of amides is 2. The third-order valence-electron chi connectivity index (χ3n) is 5.39. The highest BCUT2D eigenvalue weighted by Gasteiger charge is 2.27. The Bertz CT molecular complexity index is 1220. The molecule has 154 valence electrons. The van der Waals surface area contributed by atoms with E-state index in [0.717, 1.165) is 21.6 Å². The van der Waals surface area contributed by atoms with Gasteiger partial charge in [0.2, 0.25) is 0 Å². The van der Waals surface area contributed by atoms with Crippen LogP contribution in [0.25, 0.3) is 11.6 Å². The van der Waals surface area contributed by atoms with Gasteiger partial charge in [0.1, 0.15) is 5.75 Å². The number of hydrogen-bond donors (Lipinski definition) is 2. The topological polar surface area (TPSA) is 67.4 Å². The van der Waals surface area contributed by atoms with Crippen LogP contribution in [0.1, 0.15) is 32.3 Å². The molecule has 2 aliphatic rings. The van der Waals surface area contributed by atoms with Crippen molar-refractivity contribution < 1.29 is 14.3 Å². The zero-order chi connectivity index (χ0) is 21.4. The fourth-order valence-corrected chi connectivity index (χ4v) is 5.18. The van der Waals surface area contributed by atoms with Gasteiger partial charge in [-0.25, -0.2) is 0 Å². The number of carbonyl (C=O) groups excluding carboxylic acids is 2. The molecule has 2 heterocycles. The second-order valence-electron chi connectivity index (χ2n) is 7.39. The van der Waals surface area contributed by atoms with E-state index in [4.69, 9.17) is 4.74 Å². The van der Waals surface area contributed by atoms with E-state index in [-0.39, 0.29) is 23.7 Å². The summed E-state index contributed by atoms with van der Waals surface area (Å²) >= 11 is 1.73. The van der Waals surface area contributed by atoms with Crippen LogP contribution in [-0.4, -0.2) is 25.5 Å². The Hall–Kier alpha value is -3.51. The standard InChI is InChI=1S/C25H20N2O3S/c1-26-25(29)18-8-7-17-11-19(16-9-10-21-20(12-16)27-23(28)14-30-21)24(31-22(17)13-18)15-5-3-2-4-6-15/h2-13,24H,14H2,1H3,(H,26,29)(H,27,28). The zero-order valence-corrected chi connectivity index (χ0v) is 17.7. The lowest BCUT2D eigenvalue weighted by molar-refractivity contribution is -0.118. The van der Waals surface area contributed by atoms with Gasteiger partial charge in [-0.2, -0.15) is 0 Å². The number of ether oxygens (including phenoxy) is 1. The summed E-state index contributed by atoms with van der Waals surface area (Å²) in [5, 5.41) is 5.63. The summed E-state index contributed by atoms with van der Waals surface area (Å²) in [6.45, 7) is 0.0403. The summed E-state index contributed by atoms with van der Waals surface area (Å²) in [4.78, 5) is 25.0. The normalized spacial score (nSPS) is 16.9. The molecule has 0 aromatic heterocycles. The van der Waals surface area contributed by atoms with Crippen molar-refractivity contribution in [3.63, 3.8) is 0 Å². The first-order chi connectivity index (χ1) is 15.1. The number of nitrogens with one attached hydrogen (secondary N) is 2. The molecule has 3 aromatic carbocycles. The first-order valence-corrected chi connectivity index (χ1v) is 10.9. The number of rotatable bonds is 3. The van der Waals surface area contributed by atoms with Crippen LogP contribution in [0.4, 0.5) is 5.69 Å². The van der Waals surface area contributed by atoms with Gasteiger partial charge in [-0.1, -0.05) is 42.5 Å². The molecule has 0 saturated carbocycles. The summed E-state index contributed by atoms with van der Waals surface area (Å²) in [6, 6.07) is 22.0. The molecule has 5 nitrogen and oxygen atoms in total. The molecule has 0 bridgehead atoms. The smallest absolute Gasteiger partial charge is 0.262 e. The Labute approximate surface area is 184 Å². The van der Waals surface area contributed by atoms with E-state index in [0.29, 0.717) is 17.0 Å². The molecule has 2 N–H and O–H groups in total. The molecule has 2 aliphatic heterocycles. The second-order valence-corrected chi connectivity index (χ2v) is 8.53. The molecule has 2 amide bonds. The van der Waals surface area contributed by atoms with Crippen LogP contribution < -0.4 is 15.4 Å². The number of thioether (sulfide) groups is 1. The highest BCUT2D eigenvalue weighted by Crippen LogP contribution is 2.51. The summed E-state index contributed by atoms with van der Waals surface area (Å²) < 4.78 is 5.52. The zero-order valence-electron chi connectivity index (χ0n) is 16.8. The lowest BCUT2D eigenvalue weighted by Gasteiger charge is -2.28. The third-order valence-corrected chi connectivity index (χ3v) is 6.76. The lowest BCUT2D eigenvalue weighted by Crippen LogP contribution is -2.25. The molecular weight excluding hydrogens is 408 g/mol. The predicted molar refractivity (Wildman–Crippen MR) is 123 cm³/mol. The molecule has 31 heavy (non-hydrogen) atoms. The maximum Gasteiger partial charge on any atom is 0.262 e. The van der Waals surface area contributed by atoms with E-state index < -0.39 is 0 Å². The summed E-state index contributed by atoms with van der Waals surface area (Å²) in [5.41, 5.74) is 5.73. The number of carbonyl (C=O) groups is 2. The van der Waals surface area contributed by atoms with Gasteiger partial charge in [-0.3, -0.25) is 9.59 Å². The molecule has 1 unspecified atom stereocenters. The van der Waals surface area contributed by atoms with E-state index >= 15 is 0 Å². The Morgan fingerprint density at radius 3 is 2.74 bits per heavy atom. The van der Waals surface area contributed by atoms with Crippen molar-refractivity contribution in [1.82, 2.24) is 5.32 Å². The minimum Gasteiger partial charge on any atom is -0.482 e. The van der Waals surface area contributed by atoms with Gasteiger partial charge < -0.3 is 15.4 Å². The summed E-state index contributed by atoms with van der Waals surface area (Å²) in [6.07, 6.45) is 2.17. The second kappa shape index (κ2) is 7.96. The van der Waals surface area contributed by atoms with Crippen molar-refractivity contribution in [1.29, 1.82) is 0 Å². The number of fused-ring (bicyclic) bond motifs is 2. The summed E-state index contributed by atoms with van der Waals surface area (Å²) in [7, 11) is 1.64. The Balaban J connectivity index is 1.62. The SMILES string of the molecule is CNC(=O)c1ccc2c(c1)SC(c1ccccc1)C(c1ccc3c(c1)NC(=O)CO3)=C2. The molecule has 3 aromatic rings. The summed E-state index contributed by atoms with van der Waals surface area (Å²) in [5.74, 6) is 0.433. The molecule has 0 aliphatic carbocycles. The fourth-order valence-electron chi connectivity index (χ4n) is 3.85. The molecule has 1 atom stereocenters. The molecule has 5 rings (SSSR count).